The molecule has 0 bridgehead atoms. The van der Waals surface area contributed by atoms with E-state index >= 15 is 0 Å². The van der Waals surface area contributed by atoms with Crippen molar-refractivity contribution >= 4 is 17.5 Å². The van der Waals surface area contributed by atoms with Crippen molar-refractivity contribution in [1.29, 1.82) is 0 Å². The molecule has 0 radical (unpaired) electrons. The first-order valence-electron chi connectivity index (χ1n) is 6.12. The van der Waals surface area contributed by atoms with E-state index in [1.165, 1.54) is 0 Å². The van der Waals surface area contributed by atoms with E-state index in [1.807, 2.05) is 0 Å². The number of carbonyl (C=O) groups is 2. The molecule has 1 unspecified atom stereocenters. The van der Waals surface area contributed by atoms with Crippen LogP contribution >= 0.6 is 0 Å². The Bertz CT molecular complexity index is 583. The number of amides is 2. The molecule has 0 aliphatic heterocycles. The van der Waals surface area contributed by atoms with Crippen molar-refractivity contribution in [1.82, 2.24) is 0 Å². The maximum absolute atomic E-state index is 13.6. The van der Waals surface area contributed by atoms with Crippen molar-refractivity contribution in [2.45, 2.75) is 25.3 Å². The van der Waals surface area contributed by atoms with Gasteiger partial charge in [0, 0.05) is 6.07 Å². The molecule has 0 spiro atoms. The van der Waals surface area contributed by atoms with Crippen LogP contribution in [0.5, 0.6) is 0 Å². The maximum atomic E-state index is 13.6. The average molecular weight is 283 g/mol. The molecule has 1 aromatic rings. The predicted octanol–water partition coefficient (Wildman–Crippen LogP) is 1.13. The van der Waals surface area contributed by atoms with Crippen LogP contribution in [0.25, 0.3) is 0 Å². The van der Waals surface area contributed by atoms with Gasteiger partial charge in [0.15, 0.2) is 0 Å². The molecule has 1 atom stereocenters. The summed E-state index contributed by atoms with van der Waals surface area (Å²) >= 11 is 0. The quantitative estimate of drug-likeness (QED) is 0.772. The summed E-state index contributed by atoms with van der Waals surface area (Å²) in [5.74, 6) is -3.66. The molecule has 0 aromatic heterocycles. The average Bonchev–Trinajstić information content (AvgIpc) is 3.15. The lowest BCUT2D eigenvalue weighted by Crippen LogP contribution is -2.50. The van der Waals surface area contributed by atoms with Crippen molar-refractivity contribution in [3.8, 4) is 0 Å². The number of anilines is 1. The molecule has 1 saturated carbocycles. The molecule has 0 heterocycles. The first kappa shape index (κ1) is 14.4. The second-order valence-corrected chi connectivity index (χ2v) is 5.19. The van der Waals surface area contributed by atoms with Gasteiger partial charge in [-0.15, -0.1) is 0 Å². The minimum absolute atomic E-state index is 0.0432. The van der Waals surface area contributed by atoms with E-state index in [2.05, 4.69) is 5.32 Å². The van der Waals surface area contributed by atoms with Gasteiger partial charge >= 0.3 is 0 Å². The fourth-order valence-electron chi connectivity index (χ4n) is 1.96. The first-order chi connectivity index (χ1) is 9.23. The number of rotatable bonds is 4. The summed E-state index contributed by atoms with van der Waals surface area (Å²) in [5.41, 5.74) is 8.92. The van der Waals surface area contributed by atoms with Crippen LogP contribution < -0.4 is 16.8 Å². The van der Waals surface area contributed by atoms with Gasteiger partial charge in [-0.1, -0.05) is 0 Å². The highest BCUT2D eigenvalue weighted by Crippen LogP contribution is 2.38. The largest absolute Gasteiger partial charge is 0.366 e. The highest BCUT2D eigenvalue weighted by atomic mass is 19.1. The molecular formula is C13H15F2N3O2. The highest BCUT2D eigenvalue weighted by molar-refractivity contribution is 6.00. The van der Waals surface area contributed by atoms with Crippen molar-refractivity contribution in [2.24, 2.45) is 17.4 Å². The van der Waals surface area contributed by atoms with Crippen LogP contribution in [-0.4, -0.2) is 17.4 Å². The molecular weight excluding hydrogens is 268 g/mol. The van der Waals surface area contributed by atoms with Crippen LogP contribution in [0.1, 0.15) is 30.1 Å². The molecule has 1 aliphatic carbocycles. The lowest BCUT2D eigenvalue weighted by molar-refractivity contribution is -0.121. The summed E-state index contributed by atoms with van der Waals surface area (Å²) in [5, 5.41) is 2.28. The second kappa shape index (κ2) is 4.82. The van der Waals surface area contributed by atoms with Crippen molar-refractivity contribution < 1.29 is 18.4 Å². The fraction of sp³-hybridized carbons (Fsp3) is 0.385. The normalized spacial score (nSPS) is 17.4. The number of halogens is 2. The number of carbonyl (C=O) groups excluding carboxylic acids is 2. The van der Waals surface area contributed by atoms with Gasteiger partial charge in [-0.3, -0.25) is 9.59 Å². The van der Waals surface area contributed by atoms with Crippen LogP contribution in [0.3, 0.4) is 0 Å². The molecule has 1 aromatic carbocycles. The zero-order valence-electron chi connectivity index (χ0n) is 10.9. The molecule has 1 aliphatic rings. The lowest BCUT2D eigenvalue weighted by Gasteiger charge is -2.23. The van der Waals surface area contributed by atoms with Gasteiger partial charge in [0.05, 0.1) is 16.8 Å². The Kier molecular flexibility index (Phi) is 3.47. The molecule has 2 amide bonds. The molecule has 2 rings (SSSR count). The summed E-state index contributed by atoms with van der Waals surface area (Å²) in [6, 6.07) is 1.37. The molecule has 108 valence electrons. The van der Waals surface area contributed by atoms with E-state index in [-0.39, 0.29) is 11.6 Å². The van der Waals surface area contributed by atoms with Crippen molar-refractivity contribution in [2.75, 3.05) is 5.32 Å². The summed E-state index contributed by atoms with van der Waals surface area (Å²) in [6.07, 6.45) is 1.66. The van der Waals surface area contributed by atoms with Crippen molar-refractivity contribution in [3.63, 3.8) is 0 Å². The monoisotopic (exact) mass is 283 g/mol. The van der Waals surface area contributed by atoms with E-state index in [0.717, 1.165) is 18.9 Å². The Labute approximate surface area is 114 Å². The van der Waals surface area contributed by atoms with Crippen LogP contribution in [0.2, 0.25) is 0 Å². The standard InChI is InChI=1S/C13H15F2N3O2/c1-13(17,6-2-3-6)12(20)18-10-4-7(11(16)19)8(14)5-9(10)15/h4-6H,2-3,17H2,1H3,(H2,16,19)(H,18,20). The number of hydrogen-bond acceptors (Lipinski definition) is 3. The zero-order valence-corrected chi connectivity index (χ0v) is 10.9. The number of nitrogens with one attached hydrogen (secondary N) is 1. The summed E-state index contributed by atoms with van der Waals surface area (Å²) in [6.45, 7) is 1.55. The molecule has 20 heavy (non-hydrogen) atoms. The Balaban J connectivity index is 2.27. The Morgan fingerprint density at radius 3 is 2.40 bits per heavy atom. The van der Waals surface area contributed by atoms with Crippen LogP contribution in [-0.2, 0) is 4.79 Å². The van der Waals surface area contributed by atoms with Gasteiger partial charge in [0.25, 0.3) is 5.91 Å². The van der Waals surface area contributed by atoms with E-state index in [9.17, 15) is 18.4 Å². The van der Waals surface area contributed by atoms with E-state index < -0.39 is 34.6 Å². The molecule has 1 fully saturated rings. The molecule has 7 heteroatoms. The van der Waals surface area contributed by atoms with Crippen LogP contribution in [0, 0.1) is 17.6 Å². The molecule has 5 nitrogen and oxygen atoms in total. The van der Waals surface area contributed by atoms with Gasteiger partial charge in [-0.2, -0.15) is 0 Å². The fourth-order valence-corrected chi connectivity index (χ4v) is 1.96. The summed E-state index contributed by atoms with van der Waals surface area (Å²) in [4.78, 5) is 23.0. The van der Waals surface area contributed by atoms with Gasteiger partial charge in [0.1, 0.15) is 11.6 Å². The van der Waals surface area contributed by atoms with Crippen LogP contribution in [0.4, 0.5) is 14.5 Å². The van der Waals surface area contributed by atoms with Gasteiger partial charge in [-0.05, 0) is 31.7 Å². The SMILES string of the molecule is CC(N)(C(=O)Nc1cc(C(N)=O)c(F)cc1F)C1CC1. The third-order valence-corrected chi connectivity index (χ3v) is 3.49. The summed E-state index contributed by atoms with van der Waals surface area (Å²) < 4.78 is 26.9. The van der Waals surface area contributed by atoms with E-state index in [0.29, 0.717) is 6.07 Å². The first-order valence-corrected chi connectivity index (χ1v) is 6.12. The van der Waals surface area contributed by atoms with Gasteiger partial charge < -0.3 is 16.8 Å². The molecule has 0 saturated heterocycles. The van der Waals surface area contributed by atoms with Gasteiger partial charge in [-0.25, -0.2) is 8.78 Å². The minimum Gasteiger partial charge on any atom is -0.366 e. The minimum atomic E-state index is -1.13. The topological polar surface area (TPSA) is 98.2 Å². The zero-order chi connectivity index (χ0) is 15.1. The Morgan fingerprint density at radius 1 is 1.30 bits per heavy atom. The number of primary amides is 1. The maximum Gasteiger partial charge on any atom is 0.251 e. The number of hydrogen-bond donors (Lipinski definition) is 3. The van der Waals surface area contributed by atoms with E-state index in [1.54, 1.807) is 6.92 Å². The third kappa shape index (κ3) is 2.62. The second-order valence-electron chi connectivity index (χ2n) is 5.19. The lowest BCUT2D eigenvalue weighted by atomic mass is 9.96. The van der Waals surface area contributed by atoms with E-state index in [4.69, 9.17) is 11.5 Å². The predicted molar refractivity (Wildman–Crippen MR) is 68.8 cm³/mol. The van der Waals surface area contributed by atoms with Crippen LogP contribution in [0.15, 0.2) is 12.1 Å². The third-order valence-electron chi connectivity index (χ3n) is 3.49. The number of nitrogens with two attached hydrogens (primary N) is 2. The highest BCUT2D eigenvalue weighted by Gasteiger charge is 2.44. The van der Waals surface area contributed by atoms with Crippen molar-refractivity contribution in [3.05, 3.63) is 29.3 Å². The Morgan fingerprint density at radius 2 is 1.90 bits per heavy atom. The Hall–Kier alpha value is -2.02. The number of benzene rings is 1. The summed E-state index contributed by atoms with van der Waals surface area (Å²) in [7, 11) is 0. The van der Waals surface area contributed by atoms with Gasteiger partial charge in [0.2, 0.25) is 5.91 Å². The molecule has 5 N–H and O–H groups in total. The smallest absolute Gasteiger partial charge is 0.251 e.